The maximum absolute atomic E-state index is 6.24. The van der Waals surface area contributed by atoms with Gasteiger partial charge in [-0.25, -0.2) is 0 Å². The van der Waals surface area contributed by atoms with Gasteiger partial charge in [-0.15, -0.1) is 0 Å². The van der Waals surface area contributed by atoms with Gasteiger partial charge in [0.05, 0.1) is 22.1 Å². The molecule has 0 saturated heterocycles. The van der Waals surface area contributed by atoms with Crippen LogP contribution in [0.2, 0.25) is 5.02 Å². The smallest absolute Gasteiger partial charge is 0.0670 e. The van der Waals surface area contributed by atoms with Crippen LogP contribution in [0.25, 0.3) is 0 Å². The lowest BCUT2D eigenvalue weighted by Crippen LogP contribution is -1.99. The van der Waals surface area contributed by atoms with Crippen LogP contribution in [0.15, 0.2) is 36.4 Å². The number of aryl methyl sites for hydroxylation is 2. The zero-order valence-electron chi connectivity index (χ0n) is 9.92. The second kappa shape index (κ2) is 4.68. The molecule has 3 heteroatoms. The van der Waals surface area contributed by atoms with Gasteiger partial charge in [0.15, 0.2) is 0 Å². The topological polar surface area (TPSA) is 38.0 Å². The molecule has 17 heavy (non-hydrogen) atoms. The van der Waals surface area contributed by atoms with Crippen LogP contribution < -0.4 is 11.1 Å². The number of anilines is 3. The second-order valence-corrected chi connectivity index (χ2v) is 4.48. The van der Waals surface area contributed by atoms with Crippen LogP contribution in [-0.4, -0.2) is 0 Å². The van der Waals surface area contributed by atoms with Crippen LogP contribution in [0, 0.1) is 13.8 Å². The summed E-state index contributed by atoms with van der Waals surface area (Å²) < 4.78 is 0. The van der Waals surface area contributed by atoms with Crippen molar-refractivity contribution in [3.05, 3.63) is 52.5 Å². The third-order valence-corrected chi connectivity index (χ3v) is 3.26. The molecule has 0 unspecified atom stereocenters. The maximum Gasteiger partial charge on any atom is 0.0670 e. The summed E-state index contributed by atoms with van der Waals surface area (Å²) in [6.45, 7) is 4.00. The summed E-state index contributed by atoms with van der Waals surface area (Å²) in [4.78, 5) is 0. The normalized spacial score (nSPS) is 10.3. The third kappa shape index (κ3) is 2.37. The van der Waals surface area contributed by atoms with E-state index < -0.39 is 0 Å². The Hall–Kier alpha value is -1.67. The average molecular weight is 247 g/mol. The van der Waals surface area contributed by atoms with E-state index in [2.05, 4.69) is 5.32 Å². The Balaban J connectivity index is 2.42. The van der Waals surface area contributed by atoms with Crippen molar-refractivity contribution in [1.82, 2.24) is 0 Å². The van der Waals surface area contributed by atoms with Crippen LogP contribution in [0.1, 0.15) is 11.1 Å². The van der Waals surface area contributed by atoms with Crippen molar-refractivity contribution in [2.45, 2.75) is 13.8 Å². The highest BCUT2D eigenvalue weighted by molar-refractivity contribution is 6.34. The molecule has 88 valence electrons. The van der Waals surface area contributed by atoms with Gasteiger partial charge in [0.1, 0.15) is 0 Å². The number of nitrogens with two attached hydrogens (primary N) is 1. The van der Waals surface area contributed by atoms with Crippen LogP contribution in [0.5, 0.6) is 0 Å². The van der Waals surface area contributed by atoms with Gasteiger partial charge in [-0.1, -0.05) is 35.9 Å². The van der Waals surface area contributed by atoms with Crippen molar-refractivity contribution >= 4 is 28.7 Å². The van der Waals surface area contributed by atoms with Crippen molar-refractivity contribution in [2.75, 3.05) is 11.1 Å². The Labute approximate surface area is 106 Å². The molecule has 2 rings (SSSR count). The number of benzene rings is 2. The van der Waals surface area contributed by atoms with Gasteiger partial charge in [0, 0.05) is 0 Å². The van der Waals surface area contributed by atoms with Gasteiger partial charge in [-0.05, 0) is 37.1 Å². The number of halogens is 1. The lowest BCUT2D eigenvalue weighted by atomic mass is 10.1. The molecule has 0 fully saturated rings. The van der Waals surface area contributed by atoms with Crippen molar-refractivity contribution in [3.63, 3.8) is 0 Å². The molecule has 0 aliphatic rings. The molecule has 0 radical (unpaired) electrons. The summed E-state index contributed by atoms with van der Waals surface area (Å²) in [5.41, 5.74) is 10.6. The minimum atomic E-state index is 0.725. The van der Waals surface area contributed by atoms with Gasteiger partial charge in [0.25, 0.3) is 0 Å². The first-order chi connectivity index (χ1) is 8.09. The fourth-order valence-corrected chi connectivity index (χ4v) is 1.91. The Bertz CT molecular complexity index is 530. The summed E-state index contributed by atoms with van der Waals surface area (Å²) in [6.07, 6.45) is 0. The molecule has 0 aliphatic heterocycles. The molecule has 0 saturated carbocycles. The first-order valence-electron chi connectivity index (χ1n) is 5.47. The number of hydrogen-bond donors (Lipinski definition) is 2. The molecule has 0 bridgehead atoms. The molecule has 0 spiro atoms. The quantitative estimate of drug-likeness (QED) is 0.776. The molecule has 0 atom stereocenters. The van der Waals surface area contributed by atoms with Crippen molar-refractivity contribution in [2.24, 2.45) is 0 Å². The zero-order chi connectivity index (χ0) is 12.4. The van der Waals surface area contributed by atoms with Crippen molar-refractivity contribution in [3.8, 4) is 0 Å². The van der Waals surface area contributed by atoms with Crippen LogP contribution >= 0.6 is 11.6 Å². The first-order valence-corrected chi connectivity index (χ1v) is 5.84. The fraction of sp³-hybridized carbons (Fsp3) is 0.143. The van der Waals surface area contributed by atoms with Gasteiger partial charge in [0.2, 0.25) is 0 Å². The fourth-order valence-electron chi connectivity index (χ4n) is 1.74. The highest BCUT2D eigenvalue weighted by Crippen LogP contribution is 2.32. The lowest BCUT2D eigenvalue weighted by molar-refractivity contribution is 1.41. The molecule has 2 aromatic carbocycles. The van der Waals surface area contributed by atoms with Crippen LogP contribution in [-0.2, 0) is 0 Å². The van der Waals surface area contributed by atoms with E-state index in [-0.39, 0.29) is 0 Å². The third-order valence-electron chi connectivity index (χ3n) is 2.76. The minimum absolute atomic E-state index is 0.725. The molecule has 2 aromatic rings. The summed E-state index contributed by atoms with van der Waals surface area (Å²) in [6, 6.07) is 11.7. The number of nitrogen functional groups attached to an aromatic ring is 1. The van der Waals surface area contributed by atoms with Crippen LogP contribution in [0.4, 0.5) is 17.1 Å². The lowest BCUT2D eigenvalue weighted by Gasteiger charge is -2.14. The Morgan fingerprint density at radius 3 is 2.35 bits per heavy atom. The van der Waals surface area contributed by atoms with E-state index in [4.69, 9.17) is 17.3 Å². The second-order valence-electron chi connectivity index (χ2n) is 4.10. The molecule has 0 aromatic heterocycles. The van der Waals surface area contributed by atoms with E-state index in [1.165, 1.54) is 0 Å². The van der Waals surface area contributed by atoms with Crippen LogP contribution in [0.3, 0.4) is 0 Å². The predicted octanol–water partition coefficient (Wildman–Crippen LogP) is 4.28. The molecule has 0 aliphatic carbocycles. The standard InChI is InChI=1S/C14H15ClN2/c1-9-5-4-8-12(13(9)15)17-14-10(2)6-3-7-11(14)16/h3-8,17H,16H2,1-2H3. The summed E-state index contributed by atoms with van der Waals surface area (Å²) >= 11 is 6.24. The number of hydrogen-bond acceptors (Lipinski definition) is 2. The van der Waals surface area contributed by atoms with E-state index in [1.807, 2.05) is 50.2 Å². The highest BCUT2D eigenvalue weighted by atomic mass is 35.5. The number of para-hydroxylation sites is 1. The zero-order valence-corrected chi connectivity index (χ0v) is 10.7. The van der Waals surface area contributed by atoms with Gasteiger partial charge in [-0.2, -0.15) is 0 Å². The monoisotopic (exact) mass is 246 g/mol. The Morgan fingerprint density at radius 1 is 1.00 bits per heavy atom. The molecule has 0 heterocycles. The van der Waals surface area contributed by atoms with E-state index in [9.17, 15) is 0 Å². The van der Waals surface area contributed by atoms with Gasteiger partial charge < -0.3 is 11.1 Å². The molecular weight excluding hydrogens is 232 g/mol. The van der Waals surface area contributed by atoms with E-state index >= 15 is 0 Å². The van der Waals surface area contributed by atoms with E-state index in [0.29, 0.717) is 0 Å². The average Bonchev–Trinajstić information content (AvgIpc) is 2.29. The number of rotatable bonds is 2. The van der Waals surface area contributed by atoms with Gasteiger partial charge >= 0.3 is 0 Å². The Kier molecular flexibility index (Phi) is 3.25. The summed E-state index contributed by atoms with van der Waals surface area (Å²) in [5.74, 6) is 0. The highest BCUT2D eigenvalue weighted by Gasteiger charge is 2.06. The summed E-state index contributed by atoms with van der Waals surface area (Å²) in [5, 5.41) is 4.02. The largest absolute Gasteiger partial charge is 0.397 e. The van der Waals surface area contributed by atoms with E-state index in [0.717, 1.165) is 33.2 Å². The summed E-state index contributed by atoms with van der Waals surface area (Å²) in [7, 11) is 0. The predicted molar refractivity (Wildman–Crippen MR) is 75.1 cm³/mol. The van der Waals surface area contributed by atoms with Crippen molar-refractivity contribution < 1.29 is 0 Å². The SMILES string of the molecule is Cc1cccc(Nc2c(C)cccc2N)c1Cl. The van der Waals surface area contributed by atoms with E-state index in [1.54, 1.807) is 0 Å². The minimum Gasteiger partial charge on any atom is -0.397 e. The first kappa shape index (κ1) is 11.8. The van der Waals surface area contributed by atoms with Gasteiger partial charge in [-0.3, -0.25) is 0 Å². The Morgan fingerprint density at radius 2 is 1.65 bits per heavy atom. The molecule has 2 nitrogen and oxygen atoms in total. The maximum atomic E-state index is 6.24. The number of nitrogens with one attached hydrogen (secondary N) is 1. The van der Waals surface area contributed by atoms with Crippen molar-refractivity contribution in [1.29, 1.82) is 0 Å². The molecule has 3 N–H and O–H groups in total. The molecule has 0 amide bonds. The molecular formula is C14H15ClN2.